The van der Waals surface area contributed by atoms with Gasteiger partial charge in [0, 0.05) is 49.3 Å². The molecule has 3 aromatic rings. The van der Waals surface area contributed by atoms with Gasteiger partial charge in [0.2, 0.25) is 5.91 Å². The number of carbonyl (C=O) groups is 2. The summed E-state index contributed by atoms with van der Waals surface area (Å²) < 4.78 is 5.78. The molecule has 0 bridgehead atoms. The van der Waals surface area contributed by atoms with E-state index in [2.05, 4.69) is 37.4 Å². The molecule has 0 aliphatic carbocycles. The van der Waals surface area contributed by atoms with Crippen LogP contribution in [-0.2, 0) is 11.2 Å². The number of halogens is 1. The number of anilines is 2. The fraction of sp³-hybridized carbons (Fsp3) is 0.375. The molecule has 186 valence electrons. The summed E-state index contributed by atoms with van der Waals surface area (Å²) in [7, 11) is 2.15. The van der Waals surface area contributed by atoms with Crippen LogP contribution in [0.3, 0.4) is 0 Å². The normalized spacial score (nSPS) is 15.3. The number of amides is 2. The van der Waals surface area contributed by atoms with Gasteiger partial charge in [0.1, 0.15) is 6.04 Å². The molecule has 2 amide bonds. The molecule has 1 atom stereocenters. The zero-order valence-electron chi connectivity index (χ0n) is 19.7. The minimum absolute atomic E-state index is 0.227. The molecule has 0 spiro atoms. The molecule has 3 heterocycles. The van der Waals surface area contributed by atoms with Crippen LogP contribution in [0.15, 0.2) is 42.9 Å². The molecule has 1 aromatic carbocycles. The van der Waals surface area contributed by atoms with Crippen LogP contribution in [0.1, 0.15) is 17.7 Å². The van der Waals surface area contributed by atoms with Crippen molar-refractivity contribution in [2.24, 2.45) is 0 Å². The zero-order chi connectivity index (χ0) is 24.8. The van der Waals surface area contributed by atoms with E-state index in [4.69, 9.17) is 16.3 Å². The number of likely N-dealkylation sites (N-methyl/N-ethyl adjacent to an activating group) is 1. The van der Waals surface area contributed by atoms with Gasteiger partial charge in [-0.1, -0.05) is 22.9 Å². The Morgan fingerprint density at radius 1 is 1.23 bits per heavy atom. The summed E-state index contributed by atoms with van der Waals surface area (Å²) >= 11 is 7.03. The van der Waals surface area contributed by atoms with Gasteiger partial charge in [-0.05, 0) is 62.8 Å². The third-order valence-electron chi connectivity index (χ3n) is 5.85. The summed E-state index contributed by atoms with van der Waals surface area (Å²) in [4.78, 5) is 37.3. The van der Waals surface area contributed by atoms with E-state index < -0.39 is 12.1 Å². The van der Waals surface area contributed by atoms with Crippen LogP contribution in [0.2, 0.25) is 4.34 Å². The fourth-order valence-electron chi connectivity index (χ4n) is 4.05. The van der Waals surface area contributed by atoms with Crippen molar-refractivity contribution >= 4 is 46.3 Å². The van der Waals surface area contributed by atoms with Crippen molar-refractivity contribution < 1.29 is 14.3 Å². The van der Waals surface area contributed by atoms with Gasteiger partial charge in [0.15, 0.2) is 5.06 Å². The lowest BCUT2D eigenvalue weighted by molar-refractivity contribution is -0.118. The maximum Gasteiger partial charge on any atom is 0.414 e. The maximum atomic E-state index is 13.2. The van der Waals surface area contributed by atoms with Crippen molar-refractivity contribution in [2.75, 3.05) is 43.4 Å². The number of nitrogens with zero attached hydrogens (tertiary/aromatic N) is 3. The van der Waals surface area contributed by atoms with E-state index in [0.717, 1.165) is 49.5 Å². The minimum Gasteiger partial charge on any atom is -0.399 e. The molecule has 1 fully saturated rings. The third-order valence-corrected chi connectivity index (χ3v) is 6.96. The quantitative estimate of drug-likeness (QED) is 0.440. The highest BCUT2D eigenvalue weighted by molar-refractivity contribution is 7.17. The first kappa shape index (κ1) is 25.0. The van der Waals surface area contributed by atoms with Crippen LogP contribution >= 0.6 is 22.9 Å². The first-order chi connectivity index (χ1) is 16.9. The molecule has 2 aromatic heterocycles. The van der Waals surface area contributed by atoms with Crippen LogP contribution in [0.5, 0.6) is 5.06 Å². The van der Waals surface area contributed by atoms with Gasteiger partial charge in [-0.3, -0.25) is 4.79 Å². The average molecular weight is 517 g/mol. The number of aromatic amines is 1. The zero-order valence-corrected chi connectivity index (χ0v) is 21.3. The van der Waals surface area contributed by atoms with Gasteiger partial charge >= 0.3 is 6.09 Å². The van der Waals surface area contributed by atoms with Crippen molar-refractivity contribution in [1.82, 2.24) is 20.2 Å². The second-order valence-electron chi connectivity index (χ2n) is 8.56. The standard InChI is InChI=1S/C24H29ClN6O3S/c1-16-12-17(4-5-20(16)31-9-3-8-30(2)10-11-31)28-23(32)19(13-18-14-26-15-27-18)29-24(33)34-22-7-6-21(25)35-22/h4-7,12,14-15,19H,3,8-11,13H2,1-2H3,(H,26,27)(H,28,32)(H,29,33). The summed E-state index contributed by atoms with van der Waals surface area (Å²) in [6.45, 7) is 6.13. The van der Waals surface area contributed by atoms with Gasteiger partial charge in [0.25, 0.3) is 0 Å². The molecule has 3 N–H and O–H groups in total. The highest BCUT2D eigenvalue weighted by Crippen LogP contribution is 2.28. The summed E-state index contributed by atoms with van der Waals surface area (Å²) in [5.41, 5.74) is 3.63. The average Bonchev–Trinajstić information content (AvgIpc) is 3.42. The molecule has 9 nitrogen and oxygen atoms in total. The predicted molar refractivity (Wildman–Crippen MR) is 139 cm³/mol. The number of aryl methyl sites for hydroxylation is 1. The minimum atomic E-state index is -0.875. The molecule has 1 aliphatic rings. The van der Waals surface area contributed by atoms with E-state index in [1.807, 2.05) is 25.1 Å². The Kier molecular flexibility index (Phi) is 8.27. The van der Waals surface area contributed by atoms with Crippen molar-refractivity contribution in [3.8, 4) is 5.06 Å². The highest BCUT2D eigenvalue weighted by Gasteiger charge is 2.24. The lowest BCUT2D eigenvalue weighted by Crippen LogP contribution is -2.46. The fourth-order valence-corrected chi connectivity index (χ4v) is 4.92. The first-order valence-electron chi connectivity index (χ1n) is 11.4. The van der Waals surface area contributed by atoms with E-state index >= 15 is 0 Å². The third kappa shape index (κ3) is 6.97. The van der Waals surface area contributed by atoms with Crippen LogP contribution in [0.4, 0.5) is 16.2 Å². The van der Waals surface area contributed by atoms with Crippen LogP contribution in [0.25, 0.3) is 0 Å². The Labute approximate surface area is 213 Å². The molecule has 0 saturated carbocycles. The van der Waals surface area contributed by atoms with Crippen molar-refractivity contribution in [1.29, 1.82) is 0 Å². The highest BCUT2D eigenvalue weighted by atomic mass is 35.5. The summed E-state index contributed by atoms with van der Waals surface area (Å²) in [6.07, 6.45) is 3.75. The van der Waals surface area contributed by atoms with Gasteiger partial charge in [-0.25, -0.2) is 9.78 Å². The number of benzene rings is 1. The number of hydrogen-bond acceptors (Lipinski definition) is 7. The van der Waals surface area contributed by atoms with Gasteiger partial charge < -0.3 is 30.2 Å². The molecule has 4 rings (SSSR count). The SMILES string of the molecule is Cc1cc(NC(=O)C(Cc2cnc[nH]2)NC(=O)Oc2ccc(Cl)s2)ccc1N1CCCN(C)CC1. The van der Waals surface area contributed by atoms with Crippen molar-refractivity contribution in [3.63, 3.8) is 0 Å². The smallest absolute Gasteiger partial charge is 0.399 e. The Morgan fingerprint density at radius 3 is 2.80 bits per heavy atom. The molecule has 0 radical (unpaired) electrons. The van der Waals surface area contributed by atoms with E-state index in [0.29, 0.717) is 20.8 Å². The Morgan fingerprint density at radius 2 is 2.09 bits per heavy atom. The molecule has 1 unspecified atom stereocenters. The number of rotatable bonds is 7. The number of H-pyrrole nitrogens is 1. The lowest BCUT2D eigenvalue weighted by Gasteiger charge is -2.25. The number of nitrogens with one attached hydrogen (secondary N) is 3. The Balaban J connectivity index is 1.43. The number of aromatic nitrogens is 2. The number of hydrogen-bond donors (Lipinski definition) is 3. The number of thiophene rings is 1. The van der Waals surface area contributed by atoms with Crippen molar-refractivity contribution in [3.05, 3.63) is 58.4 Å². The number of imidazole rings is 1. The molecule has 35 heavy (non-hydrogen) atoms. The van der Waals surface area contributed by atoms with Gasteiger partial charge in [-0.2, -0.15) is 0 Å². The van der Waals surface area contributed by atoms with E-state index in [1.54, 1.807) is 18.3 Å². The topological polar surface area (TPSA) is 103 Å². The molecule has 1 aliphatic heterocycles. The molecule has 1 saturated heterocycles. The second-order valence-corrected chi connectivity index (χ2v) is 10.2. The molecular formula is C24H29ClN6O3S. The molecule has 11 heteroatoms. The lowest BCUT2D eigenvalue weighted by atomic mass is 10.1. The van der Waals surface area contributed by atoms with Gasteiger partial charge in [0.05, 0.1) is 10.7 Å². The van der Waals surface area contributed by atoms with E-state index in [9.17, 15) is 9.59 Å². The Hall–Kier alpha value is -3.08. The first-order valence-corrected chi connectivity index (χ1v) is 12.6. The van der Waals surface area contributed by atoms with E-state index in [1.165, 1.54) is 12.0 Å². The van der Waals surface area contributed by atoms with E-state index in [-0.39, 0.29) is 12.3 Å². The van der Waals surface area contributed by atoms with Crippen molar-refractivity contribution in [2.45, 2.75) is 25.8 Å². The largest absolute Gasteiger partial charge is 0.414 e. The summed E-state index contributed by atoms with van der Waals surface area (Å²) in [5, 5.41) is 5.93. The summed E-state index contributed by atoms with van der Waals surface area (Å²) in [5.74, 6) is -0.357. The predicted octanol–water partition coefficient (Wildman–Crippen LogP) is 3.91. The van der Waals surface area contributed by atoms with Crippen LogP contribution < -0.4 is 20.3 Å². The second kappa shape index (κ2) is 11.6. The number of carbonyl (C=O) groups excluding carboxylic acids is 2. The summed E-state index contributed by atoms with van der Waals surface area (Å²) in [6, 6.07) is 8.26. The maximum absolute atomic E-state index is 13.2. The van der Waals surface area contributed by atoms with Gasteiger partial charge in [-0.15, -0.1) is 0 Å². The molecular weight excluding hydrogens is 488 g/mol. The number of ether oxygens (including phenoxy) is 1. The van der Waals surface area contributed by atoms with Crippen LogP contribution in [0, 0.1) is 6.92 Å². The Bertz CT molecular complexity index is 1150. The van der Waals surface area contributed by atoms with Crippen LogP contribution in [-0.4, -0.2) is 66.1 Å². The monoisotopic (exact) mass is 516 g/mol.